The van der Waals surface area contributed by atoms with Crippen molar-refractivity contribution in [2.45, 2.75) is 39.5 Å². The van der Waals surface area contributed by atoms with Gasteiger partial charge in [0.25, 0.3) is 0 Å². The number of carbonyl (C=O) groups excluding carboxylic acids is 1. The second-order valence-electron chi connectivity index (χ2n) is 5.78. The molecule has 0 atom stereocenters. The minimum absolute atomic E-state index is 0.140. The molecule has 1 saturated heterocycles. The highest BCUT2D eigenvalue weighted by molar-refractivity contribution is 7.99. The molecule has 1 fully saturated rings. The van der Waals surface area contributed by atoms with Gasteiger partial charge in [0.05, 0.1) is 0 Å². The highest BCUT2D eigenvalue weighted by Crippen LogP contribution is 2.20. The molecule has 0 aromatic heterocycles. The molecule has 0 spiro atoms. The minimum atomic E-state index is -0.140. The molecule has 1 heterocycles. The van der Waals surface area contributed by atoms with Gasteiger partial charge in [0.15, 0.2) is 0 Å². The van der Waals surface area contributed by atoms with E-state index in [-0.39, 0.29) is 5.91 Å². The number of thioether (sulfide) groups is 1. The van der Waals surface area contributed by atoms with Crippen LogP contribution in [0.5, 0.6) is 0 Å². The normalized spacial score (nSPS) is 18.4. The molecule has 0 bridgehead atoms. The first-order chi connectivity index (χ1) is 8.58. The Bertz CT molecular complexity index is 238. The summed E-state index contributed by atoms with van der Waals surface area (Å²) in [5.41, 5.74) is 5.24. The maximum Gasteiger partial charge on any atom is 0.217 e. The van der Waals surface area contributed by atoms with Crippen LogP contribution in [0.1, 0.15) is 39.5 Å². The summed E-state index contributed by atoms with van der Waals surface area (Å²) in [4.78, 5) is 13.4. The first kappa shape index (κ1) is 15.8. The highest BCUT2D eigenvalue weighted by Gasteiger charge is 2.19. The van der Waals surface area contributed by atoms with E-state index >= 15 is 0 Å². The van der Waals surface area contributed by atoms with Gasteiger partial charge in [0, 0.05) is 6.42 Å². The molecule has 4 heteroatoms. The van der Waals surface area contributed by atoms with Crippen molar-refractivity contribution < 1.29 is 4.79 Å². The van der Waals surface area contributed by atoms with Crippen LogP contribution in [0.3, 0.4) is 0 Å². The lowest BCUT2D eigenvalue weighted by Gasteiger charge is -2.31. The second-order valence-corrected chi connectivity index (χ2v) is 6.93. The van der Waals surface area contributed by atoms with Gasteiger partial charge in [0.2, 0.25) is 5.91 Å². The Balaban J connectivity index is 2.00. The average Bonchev–Trinajstić information content (AvgIpc) is 2.30. The zero-order valence-electron chi connectivity index (χ0n) is 11.9. The number of carbonyl (C=O) groups is 1. The van der Waals surface area contributed by atoms with Crippen LogP contribution in [-0.2, 0) is 4.79 Å². The predicted molar refractivity (Wildman–Crippen MR) is 79.8 cm³/mol. The molecular weight excluding hydrogens is 244 g/mol. The maximum atomic E-state index is 10.9. The zero-order chi connectivity index (χ0) is 13.4. The van der Waals surface area contributed by atoms with Crippen molar-refractivity contribution in [3.63, 3.8) is 0 Å². The molecular formula is C14H28N2OS. The zero-order valence-corrected chi connectivity index (χ0v) is 12.7. The molecule has 1 aliphatic rings. The third kappa shape index (κ3) is 7.27. The second kappa shape index (κ2) is 8.81. The van der Waals surface area contributed by atoms with E-state index in [2.05, 4.69) is 30.5 Å². The molecule has 1 rings (SSSR count). The van der Waals surface area contributed by atoms with E-state index in [1.54, 1.807) is 0 Å². The SMILES string of the molecule is CC(C)CSCCCN1CCC(CC(N)=O)CC1. The number of likely N-dealkylation sites (tertiary alicyclic amines) is 1. The van der Waals surface area contributed by atoms with Crippen molar-refractivity contribution >= 4 is 17.7 Å². The van der Waals surface area contributed by atoms with Gasteiger partial charge < -0.3 is 10.6 Å². The van der Waals surface area contributed by atoms with Gasteiger partial charge >= 0.3 is 0 Å². The van der Waals surface area contributed by atoms with Crippen LogP contribution in [0.2, 0.25) is 0 Å². The van der Waals surface area contributed by atoms with Crippen LogP contribution in [0.15, 0.2) is 0 Å². The van der Waals surface area contributed by atoms with Crippen molar-refractivity contribution in [2.24, 2.45) is 17.6 Å². The largest absolute Gasteiger partial charge is 0.370 e. The quantitative estimate of drug-likeness (QED) is 0.690. The summed E-state index contributed by atoms with van der Waals surface area (Å²) in [6, 6.07) is 0. The maximum absolute atomic E-state index is 10.9. The van der Waals surface area contributed by atoms with Crippen LogP contribution in [0.25, 0.3) is 0 Å². The van der Waals surface area contributed by atoms with Crippen molar-refractivity contribution in [3.8, 4) is 0 Å². The van der Waals surface area contributed by atoms with Crippen molar-refractivity contribution in [2.75, 3.05) is 31.1 Å². The lowest BCUT2D eigenvalue weighted by atomic mass is 9.93. The van der Waals surface area contributed by atoms with Gasteiger partial charge in [-0.15, -0.1) is 0 Å². The number of primary amides is 1. The molecule has 0 aliphatic carbocycles. The van der Waals surface area contributed by atoms with Gasteiger partial charge in [-0.05, 0) is 62.2 Å². The molecule has 1 amide bonds. The van der Waals surface area contributed by atoms with Crippen molar-refractivity contribution in [1.29, 1.82) is 0 Å². The van der Waals surface area contributed by atoms with E-state index in [9.17, 15) is 4.79 Å². The number of nitrogens with zero attached hydrogens (tertiary/aromatic N) is 1. The molecule has 0 aromatic rings. The van der Waals surface area contributed by atoms with E-state index in [1.165, 1.54) is 24.5 Å². The Kier molecular flexibility index (Phi) is 7.75. The lowest BCUT2D eigenvalue weighted by molar-refractivity contribution is -0.119. The Morgan fingerprint density at radius 1 is 1.39 bits per heavy atom. The Labute approximate surface area is 116 Å². The van der Waals surface area contributed by atoms with Gasteiger partial charge in [-0.3, -0.25) is 4.79 Å². The third-order valence-electron chi connectivity index (χ3n) is 3.41. The standard InChI is InChI=1S/C14H28N2OS/c1-12(2)11-18-9-3-6-16-7-4-13(5-8-16)10-14(15)17/h12-13H,3-11H2,1-2H3,(H2,15,17). The molecule has 18 heavy (non-hydrogen) atoms. The summed E-state index contributed by atoms with van der Waals surface area (Å²) < 4.78 is 0. The number of hydrogen-bond donors (Lipinski definition) is 1. The molecule has 2 N–H and O–H groups in total. The van der Waals surface area contributed by atoms with Gasteiger partial charge in [0.1, 0.15) is 0 Å². The lowest BCUT2D eigenvalue weighted by Crippen LogP contribution is -2.35. The molecule has 106 valence electrons. The summed E-state index contributed by atoms with van der Waals surface area (Å²) in [5, 5.41) is 0. The van der Waals surface area contributed by atoms with Crippen LogP contribution < -0.4 is 5.73 Å². The first-order valence-electron chi connectivity index (χ1n) is 7.16. The van der Waals surface area contributed by atoms with Crippen LogP contribution >= 0.6 is 11.8 Å². The van der Waals surface area contributed by atoms with Crippen LogP contribution in [-0.4, -0.2) is 41.9 Å². The summed E-state index contributed by atoms with van der Waals surface area (Å²) >= 11 is 2.07. The van der Waals surface area contributed by atoms with Gasteiger partial charge in [-0.2, -0.15) is 11.8 Å². The minimum Gasteiger partial charge on any atom is -0.370 e. The van der Waals surface area contributed by atoms with Crippen molar-refractivity contribution in [1.82, 2.24) is 4.90 Å². The number of piperidine rings is 1. The van der Waals surface area contributed by atoms with Crippen LogP contribution in [0, 0.1) is 11.8 Å². The van der Waals surface area contributed by atoms with E-state index in [0.29, 0.717) is 12.3 Å². The number of hydrogen-bond acceptors (Lipinski definition) is 3. The summed E-state index contributed by atoms with van der Waals surface area (Å²) in [5.74, 6) is 3.76. The molecule has 3 nitrogen and oxygen atoms in total. The fourth-order valence-electron chi connectivity index (χ4n) is 2.41. The molecule has 0 saturated carbocycles. The highest BCUT2D eigenvalue weighted by atomic mass is 32.2. The van der Waals surface area contributed by atoms with Gasteiger partial charge in [-0.25, -0.2) is 0 Å². The Morgan fingerprint density at radius 3 is 2.61 bits per heavy atom. The van der Waals surface area contributed by atoms with Crippen molar-refractivity contribution in [3.05, 3.63) is 0 Å². The summed E-state index contributed by atoms with van der Waals surface area (Å²) in [6.07, 6.45) is 4.15. The number of rotatable bonds is 8. The summed E-state index contributed by atoms with van der Waals surface area (Å²) in [6.45, 7) is 8.06. The summed E-state index contributed by atoms with van der Waals surface area (Å²) in [7, 11) is 0. The third-order valence-corrected chi connectivity index (χ3v) is 4.89. The fraction of sp³-hybridized carbons (Fsp3) is 0.929. The molecule has 1 aliphatic heterocycles. The van der Waals surface area contributed by atoms with E-state index < -0.39 is 0 Å². The predicted octanol–water partition coefficient (Wildman–Crippen LogP) is 2.35. The molecule has 0 radical (unpaired) electrons. The first-order valence-corrected chi connectivity index (χ1v) is 8.31. The molecule has 0 unspecified atom stereocenters. The Hall–Kier alpha value is -0.220. The Morgan fingerprint density at radius 2 is 2.06 bits per heavy atom. The van der Waals surface area contributed by atoms with Crippen LogP contribution in [0.4, 0.5) is 0 Å². The smallest absolute Gasteiger partial charge is 0.217 e. The average molecular weight is 272 g/mol. The fourth-order valence-corrected chi connectivity index (χ4v) is 3.38. The van der Waals surface area contributed by atoms with E-state index in [1.807, 2.05) is 0 Å². The number of amides is 1. The van der Waals surface area contributed by atoms with Gasteiger partial charge in [-0.1, -0.05) is 13.8 Å². The number of nitrogens with two attached hydrogens (primary N) is 1. The monoisotopic (exact) mass is 272 g/mol. The van der Waals surface area contributed by atoms with E-state index in [4.69, 9.17) is 5.73 Å². The topological polar surface area (TPSA) is 46.3 Å². The molecule has 0 aromatic carbocycles. The van der Waals surface area contributed by atoms with E-state index in [0.717, 1.165) is 31.8 Å².